The van der Waals surface area contributed by atoms with Crippen molar-refractivity contribution in [2.24, 2.45) is 4.99 Å². The van der Waals surface area contributed by atoms with E-state index in [4.69, 9.17) is 4.74 Å². The molecule has 5 nitrogen and oxygen atoms in total. The molecule has 1 aromatic rings. The molecule has 0 aliphatic heterocycles. The van der Waals surface area contributed by atoms with Gasteiger partial charge in [0.05, 0.1) is 0 Å². The Kier molecular flexibility index (Phi) is 14.8. The molecule has 0 spiro atoms. The molecular formula is C13H25IN4OS2. The zero-order valence-electron chi connectivity index (χ0n) is 12.6. The molecule has 122 valence electrons. The molecule has 0 saturated carbocycles. The molecule has 21 heavy (non-hydrogen) atoms. The van der Waals surface area contributed by atoms with Crippen molar-refractivity contribution in [3.8, 4) is 0 Å². The van der Waals surface area contributed by atoms with Crippen molar-refractivity contribution < 1.29 is 4.74 Å². The first-order chi connectivity index (χ1) is 9.86. The molecule has 0 amide bonds. The fourth-order valence-electron chi connectivity index (χ4n) is 1.47. The molecule has 0 aromatic carbocycles. The van der Waals surface area contributed by atoms with E-state index in [0.717, 1.165) is 55.2 Å². The van der Waals surface area contributed by atoms with E-state index in [2.05, 4.69) is 20.6 Å². The fourth-order valence-corrected chi connectivity index (χ4v) is 3.11. The minimum absolute atomic E-state index is 0. The van der Waals surface area contributed by atoms with E-state index >= 15 is 0 Å². The standard InChI is InChI=1S/C13H24N4OS2.HI/c1-3-18-9-4-6-15-12(14-2)16-7-5-10-19-13-17-8-11-20-13;/h8,11H,3-7,9-10H2,1-2H3,(H2,14,15,16);1H. The van der Waals surface area contributed by atoms with Gasteiger partial charge in [-0.2, -0.15) is 0 Å². The molecule has 0 radical (unpaired) electrons. The highest BCUT2D eigenvalue weighted by Crippen LogP contribution is 2.20. The van der Waals surface area contributed by atoms with E-state index < -0.39 is 0 Å². The van der Waals surface area contributed by atoms with Gasteiger partial charge in [-0.25, -0.2) is 4.98 Å². The Morgan fingerprint density at radius 1 is 1.38 bits per heavy atom. The van der Waals surface area contributed by atoms with Crippen LogP contribution in [-0.2, 0) is 4.74 Å². The zero-order valence-corrected chi connectivity index (χ0v) is 16.6. The molecular weight excluding hydrogens is 419 g/mol. The summed E-state index contributed by atoms with van der Waals surface area (Å²) in [6, 6.07) is 0. The smallest absolute Gasteiger partial charge is 0.190 e. The number of thiazole rings is 1. The van der Waals surface area contributed by atoms with Crippen LogP contribution in [0.3, 0.4) is 0 Å². The average Bonchev–Trinajstić information content (AvgIpc) is 2.97. The van der Waals surface area contributed by atoms with E-state index in [0.29, 0.717) is 0 Å². The van der Waals surface area contributed by atoms with Crippen molar-refractivity contribution in [3.63, 3.8) is 0 Å². The zero-order chi connectivity index (χ0) is 14.5. The second-order valence-corrected chi connectivity index (χ2v) is 6.21. The summed E-state index contributed by atoms with van der Waals surface area (Å²) in [5, 5.41) is 8.59. The predicted molar refractivity (Wildman–Crippen MR) is 103 cm³/mol. The number of aromatic nitrogens is 1. The predicted octanol–water partition coefficient (Wildman–Crippen LogP) is 2.83. The third-order valence-corrected chi connectivity index (χ3v) is 4.49. The first-order valence-electron chi connectivity index (χ1n) is 6.91. The number of hydrogen-bond acceptors (Lipinski definition) is 5. The van der Waals surface area contributed by atoms with Crippen LogP contribution in [0.2, 0.25) is 0 Å². The molecule has 0 bridgehead atoms. The summed E-state index contributed by atoms with van der Waals surface area (Å²) in [5.74, 6) is 1.93. The van der Waals surface area contributed by atoms with E-state index in [9.17, 15) is 0 Å². The quantitative estimate of drug-likeness (QED) is 0.191. The van der Waals surface area contributed by atoms with Gasteiger partial charge in [0.1, 0.15) is 4.34 Å². The lowest BCUT2D eigenvalue weighted by Gasteiger charge is -2.11. The summed E-state index contributed by atoms with van der Waals surface area (Å²) < 4.78 is 6.43. The Balaban J connectivity index is 0.00000400. The van der Waals surface area contributed by atoms with Gasteiger partial charge >= 0.3 is 0 Å². The Morgan fingerprint density at radius 2 is 2.14 bits per heavy atom. The Labute approximate surface area is 152 Å². The molecule has 2 N–H and O–H groups in total. The van der Waals surface area contributed by atoms with Crippen LogP contribution < -0.4 is 10.6 Å². The van der Waals surface area contributed by atoms with Crippen LogP contribution in [0.1, 0.15) is 19.8 Å². The number of halogens is 1. The Morgan fingerprint density at radius 3 is 2.76 bits per heavy atom. The molecule has 1 aromatic heterocycles. The first-order valence-corrected chi connectivity index (χ1v) is 8.78. The molecule has 8 heteroatoms. The Hall–Kier alpha value is -0.0600. The van der Waals surface area contributed by atoms with Crippen LogP contribution in [-0.4, -0.2) is 50.0 Å². The fraction of sp³-hybridized carbons (Fsp3) is 0.692. The molecule has 0 unspecified atom stereocenters. The van der Waals surface area contributed by atoms with Crippen LogP contribution in [0, 0.1) is 0 Å². The van der Waals surface area contributed by atoms with Crippen molar-refractivity contribution in [2.45, 2.75) is 24.1 Å². The number of nitrogens with zero attached hydrogens (tertiary/aromatic N) is 2. The van der Waals surface area contributed by atoms with Crippen molar-refractivity contribution in [2.75, 3.05) is 39.1 Å². The molecule has 1 rings (SSSR count). The maximum atomic E-state index is 5.29. The molecule has 0 aliphatic rings. The van der Waals surface area contributed by atoms with Gasteiger partial charge in [-0.3, -0.25) is 4.99 Å². The summed E-state index contributed by atoms with van der Waals surface area (Å²) in [4.78, 5) is 8.43. The number of guanidine groups is 1. The van der Waals surface area contributed by atoms with Gasteiger partial charge in [0.15, 0.2) is 5.96 Å². The third kappa shape index (κ3) is 11.2. The molecule has 0 fully saturated rings. The summed E-state index contributed by atoms with van der Waals surface area (Å²) in [7, 11) is 1.79. The lowest BCUT2D eigenvalue weighted by molar-refractivity contribution is 0.145. The maximum absolute atomic E-state index is 5.29. The number of thioether (sulfide) groups is 1. The maximum Gasteiger partial charge on any atom is 0.190 e. The van der Waals surface area contributed by atoms with Crippen LogP contribution in [0.15, 0.2) is 20.9 Å². The topological polar surface area (TPSA) is 58.5 Å². The number of aliphatic imine (C=N–C) groups is 1. The number of hydrogen-bond donors (Lipinski definition) is 2. The number of nitrogens with one attached hydrogen (secondary N) is 2. The monoisotopic (exact) mass is 444 g/mol. The highest BCUT2D eigenvalue weighted by Gasteiger charge is 1.98. The van der Waals surface area contributed by atoms with Gasteiger partial charge < -0.3 is 15.4 Å². The van der Waals surface area contributed by atoms with Crippen molar-refractivity contribution in [1.29, 1.82) is 0 Å². The van der Waals surface area contributed by atoms with Gasteiger partial charge in [-0.05, 0) is 19.8 Å². The van der Waals surface area contributed by atoms with Crippen molar-refractivity contribution >= 4 is 53.0 Å². The minimum Gasteiger partial charge on any atom is -0.382 e. The second-order valence-electron chi connectivity index (χ2n) is 3.98. The number of ether oxygens (including phenoxy) is 1. The second kappa shape index (κ2) is 14.9. The molecule has 0 atom stereocenters. The van der Waals surface area contributed by atoms with Gasteiger partial charge in [0, 0.05) is 50.7 Å². The highest BCUT2D eigenvalue weighted by molar-refractivity contribution is 14.0. The van der Waals surface area contributed by atoms with Crippen LogP contribution in [0.4, 0.5) is 0 Å². The van der Waals surface area contributed by atoms with Crippen LogP contribution in [0.25, 0.3) is 0 Å². The summed E-state index contributed by atoms with van der Waals surface area (Å²) in [6.45, 7) is 5.39. The van der Waals surface area contributed by atoms with E-state index in [1.165, 1.54) is 0 Å². The van der Waals surface area contributed by atoms with Gasteiger partial charge in [-0.1, -0.05) is 11.8 Å². The molecule has 1 heterocycles. The largest absolute Gasteiger partial charge is 0.382 e. The van der Waals surface area contributed by atoms with Crippen molar-refractivity contribution in [1.82, 2.24) is 15.6 Å². The average molecular weight is 444 g/mol. The van der Waals surface area contributed by atoms with Gasteiger partial charge in [-0.15, -0.1) is 35.3 Å². The third-order valence-electron chi connectivity index (χ3n) is 2.43. The van der Waals surface area contributed by atoms with Gasteiger partial charge in [0.2, 0.25) is 0 Å². The van der Waals surface area contributed by atoms with Crippen LogP contribution in [0.5, 0.6) is 0 Å². The van der Waals surface area contributed by atoms with E-state index in [1.54, 1.807) is 30.1 Å². The van der Waals surface area contributed by atoms with Crippen molar-refractivity contribution in [3.05, 3.63) is 11.6 Å². The summed E-state index contributed by atoms with van der Waals surface area (Å²) >= 11 is 3.50. The number of rotatable bonds is 10. The highest BCUT2D eigenvalue weighted by atomic mass is 127. The van der Waals surface area contributed by atoms with Crippen LogP contribution >= 0.6 is 47.1 Å². The lowest BCUT2D eigenvalue weighted by Crippen LogP contribution is -2.38. The molecule has 0 saturated heterocycles. The van der Waals surface area contributed by atoms with Gasteiger partial charge in [0.25, 0.3) is 0 Å². The normalized spacial score (nSPS) is 11.0. The first kappa shape index (κ1) is 20.9. The SMILES string of the molecule is CCOCCCNC(=NC)NCCCSc1nccs1.I. The summed E-state index contributed by atoms with van der Waals surface area (Å²) in [6.07, 6.45) is 3.93. The Bertz CT molecular complexity index is 363. The molecule has 0 aliphatic carbocycles. The van der Waals surface area contributed by atoms with E-state index in [1.807, 2.05) is 18.5 Å². The minimum atomic E-state index is 0. The van der Waals surface area contributed by atoms with E-state index in [-0.39, 0.29) is 24.0 Å². The summed E-state index contributed by atoms with van der Waals surface area (Å²) in [5.41, 5.74) is 0. The lowest BCUT2D eigenvalue weighted by atomic mass is 10.4.